The second kappa shape index (κ2) is 3.29. The van der Waals surface area contributed by atoms with Crippen LogP contribution in [0.15, 0.2) is 0 Å². The third-order valence-corrected chi connectivity index (χ3v) is 3.88. The molecule has 0 radical (unpaired) electrons. The molecule has 1 aromatic heterocycles. The number of thiazole rings is 1. The predicted molar refractivity (Wildman–Crippen MR) is 57.2 cm³/mol. The zero-order valence-corrected chi connectivity index (χ0v) is 9.03. The van der Waals surface area contributed by atoms with Crippen LogP contribution in [-0.2, 0) is 0 Å². The van der Waals surface area contributed by atoms with Crippen molar-refractivity contribution in [2.45, 2.75) is 44.9 Å². The highest BCUT2D eigenvalue weighted by molar-refractivity contribution is 7.15. The summed E-state index contributed by atoms with van der Waals surface area (Å²) in [5.41, 5.74) is 7.13. The SMILES string of the molecule is CC(C)c1nc(C2CCC2)c(N)s1. The van der Waals surface area contributed by atoms with Gasteiger partial charge < -0.3 is 5.73 Å². The first kappa shape index (κ1) is 9.00. The molecule has 0 aromatic carbocycles. The van der Waals surface area contributed by atoms with Crippen LogP contribution in [0.1, 0.15) is 55.6 Å². The molecule has 1 aliphatic carbocycles. The van der Waals surface area contributed by atoms with Crippen LogP contribution in [0, 0.1) is 0 Å². The van der Waals surface area contributed by atoms with E-state index in [1.165, 1.54) is 30.0 Å². The van der Waals surface area contributed by atoms with E-state index in [1.807, 2.05) is 0 Å². The average molecular weight is 196 g/mol. The van der Waals surface area contributed by atoms with Gasteiger partial charge in [-0.3, -0.25) is 0 Å². The summed E-state index contributed by atoms with van der Waals surface area (Å²) in [5.74, 6) is 1.19. The van der Waals surface area contributed by atoms with E-state index < -0.39 is 0 Å². The second-order valence-electron chi connectivity index (χ2n) is 4.08. The van der Waals surface area contributed by atoms with Gasteiger partial charge in [0.15, 0.2) is 0 Å². The van der Waals surface area contributed by atoms with E-state index in [1.54, 1.807) is 11.3 Å². The Bertz CT molecular complexity index is 300. The first-order valence-electron chi connectivity index (χ1n) is 4.94. The molecule has 2 nitrogen and oxygen atoms in total. The number of anilines is 1. The summed E-state index contributed by atoms with van der Waals surface area (Å²) in [6.07, 6.45) is 3.91. The van der Waals surface area contributed by atoms with Crippen LogP contribution in [-0.4, -0.2) is 4.98 Å². The summed E-state index contributed by atoms with van der Waals surface area (Å²) >= 11 is 1.67. The molecule has 2 N–H and O–H groups in total. The van der Waals surface area contributed by atoms with Crippen LogP contribution in [0.3, 0.4) is 0 Å². The average Bonchev–Trinajstić information content (AvgIpc) is 2.29. The number of nitrogen functional groups attached to an aromatic ring is 1. The third kappa shape index (κ3) is 1.57. The minimum atomic E-state index is 0.515. The van der Waals surface area contributed by atoms with Crippen molar-refractivity contribution in [2.24, 2.45) is 0 Å². The molecule has 0 bridgehead atoms. The molecule has 0 saturated heterocycles. The van der Waals surface area contributed by atoms with Crippen LogP contribution in [0.2, 0.25) is 0 Å². The Kier molecular flexibility index (Phi) is 2.28. The van der Waals surface area contributed by atoms with Crippen molar-refractivity contribution in [2.75, 3.05) is 5.73 Å². The minimum Gasteiger partial charge on any atom is -0.389 e. The highest BCUT2D eigenvalue weighted by Gasteiger charge is 2.25. The monoisotopic (exact) mass is 196 g/mol. The van der Waals surface area contributed by atoms with Gasteiger partial charge >= 0.3 is 0 Å². The molecule has 3 heteroatoms. The van der Waals surface area contributed by atoms with E-state index in [0.717, 1.165) is 5.00 Å². The quantitative estimate of drug-likeness (QED) is 0.789. The highest BCUT2D eigenvalue weighted by Crippen LogP contribution is 2.41. The van der Waals surface area contributed by atoms with E-state index in [-0.39, 0.29) is 0 Å². The maximum absolute atomic E-state index is 5.95. The van der Waals surface area contributed by atoms with Crippen molar-refractivity contribution in [1.82, 2.24) is 4.98 Å². The molecule has 0 atom stereocenters. The number of aromatic nitrogens is 1. The van der Waals surface area contributed by atoms with E-state index in [2.05, 4.69) is 18.8 Å². The lowest BCUT2D eigenvalue weighted by molar-refractivity contribution is 0.413. The molecule has 13 heavy (non-hydrogen) atoms. The Morgan fingerprint density at radius 2 is 2.15 bits per heavy atom. The molecular weight excluding hydrogens is 180 g/mol. The van der Waals surface area contributed by atoms with Crippen molar-refractivity contribution in [3.63, 3.8) is 0 Å². The lowest BCUT2D eigenvalue weighted by atomic mass is 9.83. The Morgan fingerprint density at radius 3 is 2.54 bits per heavy atom. The predicted octanol–water partition coefficient (Wildman–Crippen LogP) is 3.12. The van der Waals surface area contributed by atoms with Gasteiger partial charge in [-0.2, -0.15) is 0 Å². The van der Waals surface area contributed by atoms with Crippen molar-refractivity contribution in [3.05, 3.63) is 10.7 Å². The first-order chi connectivity index (χ1) is 6.18. The first-order valence-corrected chi connectivity index (χ1v) is 5.76. The van der Waals surface area contributed by atoms with Gasteiger partial charge in [0.1, 0.15) is 5.00 Å². The molecule has 0 unspecified atom stereocenters. The number of hydrogen-bond acceptors (Lipinski definition) is 3. The number of rotatable bonds is 2. The van der Waals surface area contributed by atoms with Crippen LogP contribution in [0.25, 0.3) is 0 Å². The minimum absolute atomic E-state index is 0.515. The molecule has 1 fully saturated rings. The standard InChI is InChI=1S/C10H16N2S/c1-6(2)10-12-8(9(11)13-10)7-4-3-5-7/h6-7H,3-5,11H2,1-2H3. The maximum atomic E-state index is 5.95. The van der Waals surface area contributed by atoms with Crippen molar-refractivity contribution < 1.29 is 0 Å². The molecule has 1 aromatic rings. The molecule has 72 valence electrons. The molecule has 0 aliphatic heterocycles. The number of hydrogen-bond donors (Lipinski definition) is 1. The van der Waals surface area contributed by atoms with Crippen molar-refractivity contribution in [1.29, 1.82) is 0 Å². The van der Waals surface area contributed by atoms with Crippen molar-refractivity contribution in [3.8, 4) is 0 Å². The summed E-state index contributed by atoms with van der Waals surface area (Å²) < 4.78 is 0. The number of nitrogens with two attached hydrogens (primary N) is 1. The van der Waals surface area contributed by atoms with Crippen LogP contribution in [0.5, 0.6) is 0 Å². The van der Waals surface area contributed by atoms with Gasteiger partial charge in [-0.1, -0.05) is 20.3 Å². The Hall–Kier alpha value is -0.570. The van der Waals surface area contributed by atoms with Crippen LogP contribution < -0.4 is 5.73 Å². The fraction of sp³-hybridized carbons (Fsp3) is 0.700. The zero-order valence-electron chi connectivity index (χ0n) is 8.21. The summed E-state index contributed by atoms with van der Waals surface area (Å²) in [6.45, 7) is 4.34. The molecule has 0 spiro atoms. The van der Waals surface area contributed by atoms with Gasteiger partial charge in [0.25, 0.3) is 0 Å². The molecule has 1 saturated carbocycles. The molecule has 1 aliphatic rings. The summed E-state index contributed by atoms with van der Waals surface area (Å²) in [4.78, 5) is 4.62. The van der Waals surface area contributed by atoms with Gasteiger partial charge in [0.05, 0.1) is 10.7 Å². The molecule has 0 amide bonds. The number of nitrogens with zero attached hydrogens (tertiary/aromatic N) is 1. The highest BCUT2D eigenvalue weighted by atomic mass is 32.1. The van der Waals surface area contributed by atoms with Gasteiger partial charge in [0.2, 0.25) is 0 Å². The van der Waals surface area contributed by atoms with Crippen LogP contribution in [0.4, 0.5) is 5.00 Å². The Morgan fingerprint density at radius 1 is 1.46 bits per heavy atom. The van der Waals surface area contributed by atoms with Gasteiger partial charge in [-0.05, 0) is 12.8 Å². The van der Waals surface area contributed by atoms with Crippen molar-refractivity contribution >= 4 is 16.3 Å². The lowest BCUT2D eigenvalue weighted by Crippen LogP contribution is -2.10. The zero-order chi connectivity index (χ0) is 9.42. The molecule has 2 rings (SSSR count). The second-order valence-corrected chi connectivity index (χ2v) is 5.15. The topological polar surface area (TPSA) is 38.9 Å². The molecule has 1 heterocycles. The smallest absolute Gasteiger partial charge is 0.110 e. The van der Waals surface area contributed by atoms with Gasteiger partial charge in [0, 0.05) is 11.8 Å². The summed E-state index contributed by atoms with van der Waals surface area (Å²) in [7, 11) is 0. The largest absolute Gasteiger partial charge is 0.389 e. The Labute approximate surface area is 83.2 Å². The fourth-order valence-corrected chi connectivity index (χ4v) is 2.50. The van der Waals surface area contributed by atoms with E-state index >= 15 is 0 Å². The third-order valence-electron chi connectivity index (χ3n) is 2.68. The maximum Gasteiger partial charge on any atom is 0.110 e. The van der Waals surface area contributed by atoms with Gasteiger partial charge in [-0.25, -0.2) is 4.98 Å². The lowest BCUT2D eigenvalue weighted by Gasteiger charge is -2.23. The van der Waals surface area contributed by atoms with E-state index in [9.17, 15) is 0 Å². The summed E-state index contributed by atoms with van der Waals surface area (Å²) in [5, 5.41) is 2.15. The Balaban J connectivity index is 2.24. The summed E-state index contributed by atoms with van der Waals surface area (Å²) in [6, 6.07) is 0. The molecular formula is C10H16N2S. The van der Waals surface area contributed by atoms with E-state index in [0.29, 0.717) is 11.8 Å². The fourth-order valence-electron chi connectivity index (χ4n) is 1.58. The van der Waals surface area contributed by atoms with E-state index in [4.69, 9.17) is 5.73 Å². The normalized spacial score (nSPS) is 17.8. The van der Waals surface area contributed by atoms with Crippen LogP contribution >= 0.6 is 11.3 Å². The van der Waals surface area contributed by atoms with Gasteiger partial charge in [-0.15, -0.1) is 11.3 Å².